The molecule has 1 aliphatic rings. The predicted octanol–water partition coefficient (Wildman–Crippen LogP) is 5.17. The van der Waals surface area contributed by atoms with Crippen LogP contribution >= 0.6 is 11.3 Å². The molecule has 1 saturated heterocycles. The first-order chi connectivity index (χ1) is 13.8. The van der Waals surface area contributed by atoms with Gasteiger partial charge in [-0.25, -0.2) is 0 Å². The van der Waals surface area contributed by atoms with Gasteiger partial charge < -0.3 is 9.64 Å². The maximum absolute atomic E-state index is 13.2. The number of hydrogen-bond acceptors (Lipinski definition) is 3. The van der Waals surface area contributed by atoms with E-state index in [1.54, 1.807) is 11.3 Å². The molecule has 28 heavy (non-hydrogen) atoms. The summed E-state index contributed by atoms with van der Waals surface area (Å²) in [5.74, 6) is 0.202. The highest BCUT2D eigenvalue weighted by atomic mass is 32.1. The molecule has 1 aromatic heterocycles. The molecule has 1 fully saturated rings. The van der Waals surface area contributed by atoms with E-state index in [0.29, 0.717) is 13.0 Å². The summed E-state index contributed by atoms with van der Waals surface area (Å²) in [7, 11) is 0. The summed E-state index contributed by atoms with van der Waals surface area (Å²) in [6.45, 7) is 2.18. The number of carbonyl (C=O) groups is 1. The third kappa shape index (κ3) is 4.70. The third-order valence-corrected chi connectivity index (χ3v) is 6.14. The van der Waals surface area contributed by atoms with Crippen molar-refractivity contribution in [2.75, 3.05) is 13.2 Å². The summed E-state index contributed by atoms with van der Waals surface area (Å²) in [5.41, 5.74) is 3.44. The highest BCUT2D eigenvalue weighted by Gasteiger charge is 2.26. The van der Waals surface area contributed by atoms with Crippen LogP contribution in [0.2, 0.25) is 0 Å². The SMILES string of the molecule is O=C(Cc1ccc(-c2ccccc2)cc1)N(Cc1cccs1)C1CCOCC1. The van der Waals surface area contributed by atoms with E-state index >= 15 is 0 Å². The molecule has 0 atom stereocenters. The van der Waals surface area contributed by atoms with Crippen molar-refractivity contribution in [3.63, 3.8) is 0 Å². The molecular formula is C24H25NO2S. The van der Waals surface area contributed by atoms with Gasteiger partial charge in [-0.3, -0.25) is 4.79 Å². The van der Waals surface area contributed by atoms with Gasteiger partial charge in [0.05, 0.1) is 13.0 Å². The number of benzene rings is 2. The Morgan fingerprint density at radius 1 is 0.929 bits per heavy atom. The van der Waals surface area contributed by atoms with Gasteiger partial charge in [-0.1, -0.05) is 60.7 Å². The highest BCUT2D eigenvalue weighted by molar-refractivity contribution is 7.09. The van der Waals surface area contributed by atoms with E-state index in [2.05, 4.69) is 58.8 Å². The second-order valence-electron chi connectivity index (χ2n) is 7.18. The van der Waals surface area contributed by atoms with Crippen LogP contribution in [0.1, 0.15) is 23.3 Å². The van der Waals surface area contributed by atoms with E-state index in [1.165, 1.54) is 16.0 Å². The molecule has 4 heteroatoms. The molecule has 0 aliphatic carbocycles. The first-order valence-corrected chi connectivity index (χ1v) is 10.7. The van der Waals surface area contributed by atoms with Gasteiger partial charge in [0.2, 0.25) is 5.91 Å². The van der Waals surface area contributed by atoms with Crippen molar-refractivity contribution in [3.05, 3.63) is 82.6 Å². The molecule has 2 aromatic carbocycles. The van der Waals surface area contributed by atoms with E-state index in [0.717, 1.165) is 31.6 Å². The van der Waals surface area contributed by atoms with E-state index in [1.807, 2.05) is 18.2 Å². The average molecular weight is 392 g/mol. The minimum Gasteiger partial charge on any atom is -0.381 e. The van der Waals surface area contributed by atoms with Crippen LogP contribution < -0.4 is 0 Å². The molecule has 144 valence electrons. The molecule has 2 heterocycles. The highest BCUT2D eigenvalue weighted by Crippen LogP contribution is 2.23. The lowest BCUT2D eigenvalue weighted by molar-refractivity contribution is -0.135. The van der Waals surface area contributed by atoms with Crippen LogP contribution in [0.4, 0.5) is 0 Å². The van der Waals surface area contributed by atoms with Gasteiger partial charge >= 0.3 is 0 Å². The molecule has 1 aliphatic heterocycles. The largest absolute Gasteiger partial charge is 0.381 e. The monoisotopic (exact) mass is 391 g/mol. The minimum absolute atomic E-state index is 0.202. The topological polar surface area (TPSA) is 29.5 Å². The lowest BCUT2D eigenvalue weighted by Gasteiger charge is -2.34. The van der Waals surface area contributed by atoms with Gasteiger partial charge in [0, 0.05) is 24.1 Å². The van der Waals surface area contributed by atoms with Crippen molar-refractivity contribution in [2.45, 2.75) is 31.8 Å². The molecule has 0 unspecified atom stereocenters. The molecule has 4 rings (SSSR count). The number of thiophene rings is 1. The van der Waals surface area contributed by atoms with E-state index < -0.39 is 0 Å². The third-order valence-electron chi connectivity index (χ3n) is 5.27. The number of rotatable bonds is 6. The van der Waals surface area contributed by atoms with E-state index in [-0.39, 0.29) is 11.9 Å². The second-order valence-corrected chi connectivity index (χ2v) is 8.22. The Balaban J connectivity index is 1.47. The summed E-state index contributed by atoms with van der Waals surface area (Å²) in [6.07, 6.45) is 2.28. The fourth-order valence-electron chi connectivity index (χ4n) is 3.71. The number of hydrogen-bond donors (Lipinski definition) is 0. The first-order valence-electron chi connectivity index (χ1n) is 9.83. The van der Waals surface area contributed by atoms with Crippen molar-refractivity contribution < 1.29 is 9.53 Å². The molecule has 0 bridgehead atoms. The number of ether oxygens (including phenoxy) is 1. The lowest BCUT2D eigenvalue weighted by atomic mass is 10.0. The quantitative estimate of drug-likeness (QED) is 0.580. The average Bonchev–Trinajstić information content (AvgIpc) is 3.27. The van der Waals surface area contributed by atoms with Crippen LogP contribution in [-0.4, -0.2) is 30.1 Å². The Bertz CT molecular complexity index is 869. The fourth-order valence-corrected chi connectivity index (χ4v) is 4.41. The Morgan fingerprint density at radius 2 is 1.64 bits per heavy atom. The molecule has 0 radical (unpaired) electrons. The first kappa shape index (κ1) is 18.9. The van der Waals surface area contributed by atoms with Gasteiger partial charge in [0.15, 0.2) is 0 Å². The summed E-state index contributed by atoms with van der Waals surface area (Å²) in [5, 5.41) is 2.07. The van der Waals surface area contributed by atoms with Crippen molar-refractivity contribution >= 4 is 17.2 Å². The molecule has 1 amide bonds. The molecule has 0 spiro atoms. The van der Waals surface area contributed by atoms with Gasteiger partial charge in [-0.05, 0) is 41.0 Å². The van der Waals surface area contributed by atoms with Gasteiger partial charge in [-0.15, -0.1) is 11.3 Å². The van der Waals surface area contributed by atoms with Gasteiger partial charge in [0.1, 0.15) is 0 Å². The molecule has 0 saturated carbocycles. The summed E-state index contributed by atoms with van der Waals surface area (Å²) < 4.78 is 5.50. The summed E-state index contributed by atoms with van der Waals surface area (Å²) in [6, 6.07) is 23.1. The van der Waals surface area contributed by atoms with Crippen LogP contribution in [0.25, 0.3) is 11.1 Å². The molecular weight excluding hydrogens is 366 g/mol. The van der Waals surface area contributed by atoms with Crippen LogP contribution in [-0.2, 0) is 22.5 Å². The number of carbonyl (C=O) groups excluding carboxylic acids is 1. The number of nitrogens with zero attached hydrogens (tertiary/aromatic N) is 1. The molecule has 3 nitrogen and oxygen atoms in total. The zero-order valence-electron chi connectivity index (χ0n) is 15.9. The van der Waals surface area contributed by atoms with Crippen LogP contribution in [0.5, 0.6) is 0 Å². The van der Waals surface area contributed by atoms with Gasteiger partial charge in [-0.2, -0.15) is 0 Å². The van der Waals surface area contributed by atoms with Gasteiger partial charge in [0.25, 0.3) is 0 Å². The Morgan fingerprint density at radius 3 is 2.32 bits per heavy atom. The zero-order chi connectivity index (χ0) is 19.2. The van der Waals surface area contributed by atoms with Crippen molar-refractivity contribution in [3.8, 4) is 11.1 Å². The Hall–Kier alpha value is -2.43. The van der Waals surface area contributed by atoms with E-state index in [9.17, 15) is 4.79 Å². The minimum atomic E-state index is 0.202. The smallest absolute Gasteiger partial charge is 0.227 e. The standard InChI is InChI=1S/C24H25NO2S/c26-24(17-19-8-10-21(11-9-19)20-5-2-1-3-6-20)25(18-23-7-4-16-28-23)22-12-14-27-15-13-22/h1-11,16,22H,12-15,17-18H2. The van der Waals surface area contributed by atoms with Crippen molar-refractivity contribution in [1.29, 1.82) is 0 Å². The zero-order valence-corrected chi connectivity index (χ0v) is 16.7. The van der Waals surface area contributed by atoms with E-state index in [4.69, 9.17) is 4.74 Å². The van der Waals surface area contributed by atoms with Crippen LogP contribution in [0.15, 0.2) is 72.1 Å². The maximum atomic E-state index is 13.2. The van der Waals surface area contributed by atoms with Crippen LogP contribution in [0, 0.1) is 0 Å². The Labute approximate surface area is 170 Å². The van der Waals surface area contributed by atoms with Crippen LogP contribution in [0.3, 0.4) is 0 Å². The molecule has 0 N–H and O–H groups in total. The van der Waals surface area contributed by atoms with Crippen molar-refractivity contribution in [1.82, 2.24) is 4.90 Å². The molecule has 3 aromatic rings. The fraction of sp³-hybridized carbons (Fsp3) is 0.292. The Kier molecular flexibility index (Phi) is 6.20. The number of amides is 1. The lowest BCUT2D eigenvalue weighted by Crippen LogP contribution is -2.43. The normalized spacial score (nSPS) is 14.7. The maximum Gasteiger partial charge on any atom is 0.227 e. The predicted molar refractivity (Wildman–Crippen MR) is 114 cm³/mol. The van der Waals surface area contributed by atoms with Crippen molar-refractivity contribution in [2.24, 2.45) is 0 Å². The summed E-state index contributed by atoms with van der Waals surface area (Å²) in [4.78, 5) is 16.5. The summed E-state index contributed by atoms with van der Waals surface area (Å²) >= 11 is 1.71. The second kappa shape index (κ2) is 9.18.